The summed E-state index contributed by atoms with van der Waals surface area (Å²) in [4.78, 5) is 29.9. The maximum absolute atomic E-state index is 12.2. The third kappa shape index (κ3) is 3.34. The Morgan fingerprint density at radius 3 is 2.95 bits per heavy atom. The van der Waals surface area contributed by atoms with Crippen LogP contribution in [0.5, 0.6) is 0 Å². The van der Waals surface area contributed by atoms with Gasteiger partial charge in [0.25, 0.3) is 0 Å². The molecule has 1 aliphatic rings. The summed E-state index contributed by atoms with van der Waals surface area (Å²) in [7, 11) is 1.72. The minimum absolute atomic E-state index is 0.0879. The molecular formula is C13H21N5O2. The van der Waals surface area contributed by atoms with Gasteiger partial charge in [-0.3, -0.25) is 14.9 Å². The van der Waals surface area contributed by atoms with Crippen molar-refractivity contribution in [3.8, 4) is 0 Å². The fraction of sp³-hybridized carbons (Fsp3) is 0.692. The lowest BCUT2D eigenvalue weighted by Crippen LogP contribution is -2.43. The second-order valence-corrected chi connectivity index (χ2v) is 5.13. The van der Waals surface area contributed by atoms with Gasteiger partial charge in [0.05, 0.1) is 5.92 Å². The van der Waals surface area contributed by atoms with E-state index in [4.69, 9.17) is 0 Å². The van der Waals surface area contributed by atoms with E-state index < -0.39 is 0 Å². The summed E-state index contributed by atoms with van der Waals surface area (Å²) in [5.74, 6) is 0.326. The fourth-order valence-corrected chi connectivity index (χ4v) is 2.41. The molecule has 0 spiro atoms. The molecule has 2 rings (SSSR count). The molecule has 2 heterocycles. The number of carbonyl (C=O) groups is 2. The van der Waals surface area contributed by atoms with Crippen molar-refractivity contribution in [3.63, 3.8) is 0 Å². The summed E-state index contributed by atoms with van der Waals surface area (Å²) in [6.07, 6.45) is 4.46. The number of aromatic nitrogens is 3. The average molecular weight is 279 g/mol. The van der Waals surface area contributed by atoms with Crippen LogP contribution < -0.4 is 5.32 Å². The lowest BCUT2D eigenvalue weighted by atomic mass is 9.97. The number of carbonyl (C=O) groups excluding carboxylic acids is 2. The first-order chi connectivity index (χ1) is 9.61. The van der Waals surface area contributed by atoms with Crippen LogP contribution in [0.1, 0.15) is 32.6 Å². The maximum atomic E-state index is 12.2. The van der Waals surface area contributed by atoms with E-state index in [1.54, 1.807) is 11.9 Å². The minimum Gasteiger partial charge on any atom is -0.342 e. The normalized spacial score (nSPS) is 18.9. The van der Waals surface area contributed by atoms with Crippen LogP contribution in [0.2, 0.25) is 0 Å². The number of rotatable bonds is 4. The van der Waals surface area contributed by atoms with Crippen LogP contribution in [0.4, 0.5) is 5.95 Å². The second kappa shape index (κ2) is 6.49. The van der Waals surface area contributed by atoms with Crippen molar-refractivity contribution >= 4 is 17.8 Å². The van der Waals surface area contributed by atoms with Gasteiger partial charge in [-0.2, -0.15) is 10.1 Å². The van der Waals surface area contributed by atoms with Crippen molar-refractivity contribution in [2.45, 2.75) is 32.6 Å². The Morgan fingerprint density at radius 1 is 1.50 bits per heavy atom. The van der Waals surface area contributed by atoms with Gasteiger partial charge in [0.15, 0.2) is 0 Å². The van der Waals surface area contributed by atoms with E-state index in [0.29, 0.717) is 18.9 Å². The van der Waals surface area contributed by atoms with Gasteiger partial charge in [-0.25, -0.2) is 4.68 Å². The van der Waals surface area contributed by atoms with E-state index in [1.165, 1.54) is 11.0 Å². The summed E-state index contributed by atoms with van der Waals surface area (Å²) in [6, 6.07) is 0. The standard InChI is InChI=1S/C13H21N5O2/c1-3-5-11(19)18-7-4-6-10(8-18)12(20)16-13-14-9-15-17(13)2/h9-10H,3-8H2,1-2H3,(H,14,15,16,20)/t10-/m1/s1. The molecule has 0 radical (unpaired) electrons. The van der Waals surface area contributed by atoms with Crippen molar-refractivity contribution in [1.82, 2.24) is 19.7 Å². The van der Waals surface area contributed by atoms with Crippen LogP contribution in [0.3, 0.4) is 0 Å². The SMILES string of the molecule is CCCC(=O)N1CCC[C@@H](C(=O)Nc2ncnn2C)C1. The van der Waals surface area contributed by atoms with Gasteiger partial charge in [0.1, 0.15) is 6.33 Å². The number of aryl methyl sites for hydroxylation is 1. The Morgan fingerprint density at radius 2 is 2.30 bits per heavy atom. The fourth-order valence-electron chi connectivity index (χ4n) is 2.41. The van der Waals surface area contributed by atoms with Crippen LogP contribution in [0.15, 0.2) is 6.33 Å². The zero-order chi connectivity index (χ0) is 14.5. The van der Waals surface area contributed by atoms with E-state index in [1.807, 2.05) is 6.92 Å². The molecule has 110 valence electrons. The number of nitrogens with zero attached hydrogens (tertiary/aromatic N) is 4. The highest BCUT2D eigenvalue weighted by atomic mass is 16.2. The first kappa shape index (κ1) is 14.5. The summed E-state index contributed by atoms with van der Waals surface area (Å²) in [5.41, 5.74) is 0. The number of nitrogens with one attached hydrogen (secondary N) is 1. The molecule has 2 amide bonds. The number of hydrogen-bond donors (Lipinski definition) is 1. The van der Waals surface area contributed by atoms with E-state index in [-0.39, 0.29) is 17.7 Å². The van der Waals surface area contributed by atoms with E-state index >= 15 is 0 Å². The molecule has 1 aromatic rings. The minimum atomic E-state index is -0.166. The van der Waals surface area contributed by atoms with Crippen LogP contribution in [-0.4, -0.2) is 44.6 Å². The molecule has 1 saturated heterocycles. The van der Waals surface area contributed by atoms with Gasteiger partial charge in [0, 0.05) is 26.6 Å². The largest absolute Gasteiger partial charge is 0.342 e. The van der Waals surface area contributed by atoms with Gasteiger partial charge in [-0.1, -0.05) is 6.92 Å². The smallest absolute Gasteiger partial charge is 0.231 e. The zero-order valence-corrected chi connectivity index (χ0v) is 12.0. The number of anilines is 1. The maximum Gasteiger partial charge on any atom is 0.231 e. The Hall–Kier alpha value is -1.92. The Kier molecular flexibility index (Phi) is 4.70. The highest BCUT2D eigenvalue weighted by Gasteiger charge is 2.28. The zero-order valence-electron chi connectivity index (χ0n) is 12.0. The molecule has 0 saturated carbocycles. The van der Waals surface area contributed by atoms with Crippen molar-refractivity contribution < 1.29 is 9.59 Å². The Balaban J connectivity index is 1.93. The molecule has 1 aromatic heterocycles. The predicted molar refractivity (Wildman–Crippen MR) is 73.8 cm³/mol. The second-order valence-electron chi connectivity index (χ2n) is 5.13. The summed E-state index contributed by atoms with van der Waals surface area (Å²) in [6.45, 7) is 3.25. The molecule has 7 nitrogen and oxygen atoms in total. The van der Waals surface area contributed by atoms with Crippen LogP contribution in [0.25, 0.3) is 0 Å². The average Bonchev–Trinajstić information content (AvgIpc) is 2.85. The monoisotopic (exact) mass is 279 g/mol. The van der Waals surface area contributed by atoms with Gasteiger partial charge >= 0.3 is 0 Å². The topological polar surface area (TPSA) is 80.1 Å². The Labute approximate surface area is 118 Å². The molecule has 20 heavy (non-hydrogen) atoms. The number of amides is 2. The van der Waals surface area contributed by atoms with Crippen LogP contribution >= 0.6 is 0 Å². The lowest BCUT2D eigenvalue weighted by Gasteiger charge is -2.32. The first-order valence-corrected chi connectivity index (χ1v) is 7.04. The van der Waals surface area contributed by atoms with E-state index in [0.717, 1.165) is 25.8 Å². The van der Waals surface area contributed by atoms with Crippen molar-refractivity contribution in [1.29, 1.82) is 0 Å². The van der Waals surface area contributed by atoms with Crippen LogP contribution in [-0.2, 0) is 16.6 Å². The summed E-state index contributed by atoms with van der Waals surface area (Å²) >= 11 is 0. The van der Waals surface area contributed by atoms with Gasteiger partial charge in [-0.15, -0.1) is 0 Å². The first-order valence-electron chi connectivity index (χ1n) is 7.04. The van der Waals surface area contributed by atoms with Gasteiger partial charge in [0.2, 0.25) is 17.8 Å². The van der Waals surface area contributed by atoms with Gasteiger partial charge < -0.3 is 4.90 Å². The summed E-state index contributed by atoms with van der Waals surface area (Å²) in [5, 5.41) is 6.67. The number of likely N-dealkylation sites (tertiary alicyclic amines) is 1. The molecule has 0 bridgehead atoms. The molecule has 0 aromatic carbocycles. The third-order valence-electron chi connectivity index (χ3n) is 3.56. The lowest BCUT2D eigenvalue weighted by molar-refractivity contribution is -0.134. The number of piperidine rings is 1. The molecular weight excluding hydrogens is 258 g/mol. The van der Waals surface area contributed by atoms with E-state index in [2.05, 4.69) is 15.4 Å². The van der Waals surface area contributed by atoms with Crippen LogP contribution in [0, 0.1) is 5.92 Å². The highest BCUT2D eigenvalue weighted by molar-refractivity contribution is 5.91. The molecule has 0 unspecified atom stereocenters. The molecule has 0 aliphatic carbocycles. The summed E-state index contributed by atoms with van der Waals surface area (Å²) < 4.78 is 1.51. The predicted octanol–water partition coefficient (Wildman–Crippen LogP) is 0.792. The van der Waals surface area contributed by atoms with Crippen molar-refractivity contribution in [3.05, 3.63) is 6.33 Å². The molecule has 1 atom stereocenters. The quantitative estimate of drug-likeness (QED) is 0.883. The number of hydrogen-bond acceptors (Lipinski definition) is 4. The van der Waals surface area contributed by atoms with Crippen molar-refractivity contribution in [2.75, 3.05) is 18.4 Å². The Bertz CT molecular complexity index is 485. The third-order valence-corrected chi connectivity index (χ3v) is 3.56. The van der Waals surface area contributed by atoms with E-state index in [9.17, 15) is 9.59 Å². The molecule has 1 aliphatic heterocycles. The molecule has 7 heteroatoms. The molecule has 1 N–H and O–H groups in total. The van der Waals surface area contributed by atoms with Gasteiger partial charge in [-0.05, 0) is 19.3 Å². The molecule has 1 fully saturated rings. The highest BCUT2D eigenvalue weighted by Crippen LogP contribution is 2.19. The van der Waals surface area contributed by atoms with Crippen molar-refractivity contribution in [2.24, 2.45) is 13.0 Å².